The number of ether oxygens (including phenoxy) is 1. The summed E-state index contributed by atoms with van der Waals surface area (Å²) < 4.78 is 5.78. The van der Waals surface area contributed by atoms with E-state index in [4.69, 9.17) is 10.5 Å². The van der Waals surface area contributed by atoms with Gasteiger partial charge in [-0.3, -0.25) is 4.79 Å². The van der Waals surface area contributed by atoms with Gasteiger partial charge in [-0.05, 0) is 29.9 Å². The fraction of sp³-hybridized carbons (Fsp3) is 0.588. The first-order valence-electron chi connectivity index (χ1n) is 7.63. The first-order valence-corrected chi connectivity index (χ1v) is 7.63. The summed E-state index contributed by atoms with van der Waals surface area (Å²) in [5, 5.41) is 0. The van der Waals surface area contributed by atoms with E-state index in [0.717, 1.165) is 30.7 Å². The molecule has 1 aromatic rings. The number of para-hydroxylation sites is 1. The lowest BCUT2D eigenvalue weighted by atomic mass is 9.86. The molecule has 1 aliphatic rings. The van der Waals surface area contributed by atoms with Crippen LogP contribution >= 0.6 is 0 Å². The van der Waals surface area contributed by atoms with Crippen molar-refractivity contribution in [3.63, 3.8) is 0 Å². The Hall–Kier alpha value is -1.55. The van der Waals surface area contributed by atoms with Gasteiger partial charge in [0.15, 0.2) is 6.61 Å². The molecule has 0 aliphatic carbocycles. The smallest absolute Gasteiger partial charge is 0.260 e. The summed E-state index contributed by atoms with van der Waals surface area (Å²) in [7, 11) is 0. The third-order valence-corrected chi connectivity index (χ3v) is 3.86. The van der Waals surface area contributed by atoms with Crippen molar-refractivity contribution in [1.29, 1.82) is 0 Å². The van der Waals surface area contributed by atoms with Gasteiger partial charge >= 0.3 is 0 Å². The van der Waals surface area contributed by atoms with Crippen LogP contribution in [0.3, 0.4) is 0 Å². The molecule has 0 aromatic heterocycles. The third-order valence-electron chi connectivity index (χ3n) is 3.86. The van der Waals surface area contributed by atoms with Gasteiger partial charge in [0.25, 0.3) is 5.91 Å². The summed E-state index contributed by atoms with van der Waals surface area (Å²) in [6, 6.07) is 8.02. The van der Waals surface area contributed by atoms with Crippen LogP contribution in [0.15, 0.2) is 24.3 Å². The van der Waals surface area contributed by atoms with Crippen LogP contribution in [0, 0.1) is 0 Å². The molecule has 0 saturated carbocycles. The lowest BCUT2D eigenvalue weighted by Gasteiger charge is -2.31. The fourth-order valence-corrected chi connectivity index (χ4v) is 2.68. The van der Waals surface area contributed by atoms with Crippen LogP contribution < -0.4 is 10.5 Å². The van der Waals surface area contributed by atoms with Crippen LogP contribution in [0.25, 0.3) is 0 Å². The Morgan fingerprint density at radius 2 is 2.10 bits per heavy atom. The monoisotopic (exact) mass is 290 g/mol. The van der Waals surface area contributed by atoms with E-state index in [2.05, 4.69) is 26.8 Å². The van der Waals surface area contributed by atoms with E-state index in [1.807, 2.05) is 23.1 Å². The number of amides is 1. The van der Waals surface area contributed by atoms with Crippen LogP contribution in [0.2, 0.25) is 0 Å². The summed E-state index contributed by atoms with van der Waals surface area (Å²) in [5.41, 5.74) is 7.03. The van der Waals surface area contributed by atoms with Crippen LogP contribution in [-0.2, 0) is 10.2 Å². The minimum atomic E-state index is -0.00683. The molecule has 2 N–H and O–H groups in total. The Bertz CT molecular complexity index is 494. The molecule has 4 nitrogen and oxygen atoms in total. The van der Waals surface area contributed by atoms with Gasteiger partial charge in [-0.25, -0.2) is 0 Å². The van der Waals surface area contributed by atoms with Crippen LogP contribution in [0.1, 0.15) is 39.2 Å². The maximum absolute atomic E-state index is 12.2. The highest BCUT2D eigenvalue weighted by atomic mass is 16.5. The Balaban J connectivity index is 1.98. The predicted octanol–water partition coefficient (Wildman–Crippen LogP) is 2.31. The topological polar surface area (TPSA) is 55.6 Å². The van der Waals surface area contributed by atoms with Gasteiger partial charge in [0.1, 0.15) is 5.75 Å². The average molecular weight is 290 g/mol. The van der Waals surface area contributed by atoms with Gasteiger partial charge in [0.2, 0.25) is 0 Å². The summed E-state index contributed by atoms with van der Waals surface area (Å²) in [4.78, 5) is 14.0. The molecule has 1 saturated heterocycles. The van der Waals surface area contributed by atoms with Crippen molar-refractivity contribution in [3.05, 3.63) is 29.8 Å². The summed E-state index contributed by atoms with van der Waals surface area (Å²) >= 11 is 0. The normalized spacial score (nSPS) is 19.4. The zero-order chi connectivity index (χ0) is 15.5. The van der Waals surface area contributed by atoms with Gasteiger partial charge in [0.05, 0.1) is 0 Å². The molecule has 116 valence electrons. The molecule has 0 bridgehead atoms. The highest BCUT2D eigenvalue weighted by molar-refractivity contribution is 5.78. The van der Waals surface area contributed by atoms with Crippen molar-refractivity contribution in [3.8, 4) is 5.75 Å². The number of hydrogen-bond donors (Lipinski definition) is 1. The second kappa shape index (κ2) is 6.48. The van der Waals surface area contributed by atoms with Crippen molar-refractivity contribution in [2.24, 2.45) is 5.73 Å². The molecule has 1 atom stereocenters. The zero-order valence-corrected chi connectivity index (χ0v) is 13.3. The second-order valence-corrected chi connectivity index (χ2v) is 6.78. The molecule has 1 unspecified atom stereocenters. The maximum Gasteiger partial charge on any atom is 0.260 e. The molecule has 1 fully saturated rings. The molecule has 1 amide bonds. The Morgan fingerprint density at radius 1 is 1.38 bits per heavy atom. The largest absolute Gasteiger partial charge is 0.483 e. The minimum absolute atomic E-state index is 0.00683. The maximum atomic E-state index is 12.2. The van der Waals surface area contributed by atoms with Crippen molar-refractivity contribution < 1.29 is 9.53 Å². The molecule has 1 heterocycles. The van der Waals surface area contributed by atoms with E-state index in [9.17, 15) is 4.79 Å². The molecule has 0 radical (unpaired) electrons. The number of piperidine rings is 1. The molecule has 21 heavy (non-hydrogen) atoms. The van der Waals surface area contributed by atoms with Crippen molar-refractivity contribution in [1.82, 2.24) is 4.90 Å². The van der Waals surface area contributed by atoms with Crippen LogP contribution in [0.4, 0.5) is 0 Å². The van der Waals surface area contributed by atoms with E-state index >= 15 is 0 Å². The molecule has 4 heteroatoms. The van der Waals surface area contributed by atoms with Gasteiger partial charge in [0, 0.05) is 19.1 Å². The molecule has 0 spiro atoms. The van der Waals surface area contributed by atoms with E-state index in [-0.39, 0.29) is 24.0 Å². The SMILES string of the molecule is CC(C)(C)c1ccccc1OCC(=O)N1CCCC(N)C1. The van der Waals surface area contributed by atoms with Crippen molar-refractivity contribution in [2.75, 3.05) is 19.7 Å². The Kier molecular flexibility index (Phi) is 4.88. The first kappa shape index (κ1) is 15.8. The number of nitrogens with zero attached hydrogens (tertiary/aromatic N) is 1. The number of hydrogen-bond acceptors (Lipinski definition) is 3. The summed E-state index contributed by atoms with van der Waals surface area (Å²) in [6.45, 7) is 7.93. The number of carbonyl (C=O) groups excluding carboxylic acids is 1. The van der Waals surface area contributed by atoms with Crippen molar-refractivity contribution >= 4 is 5.91 Å². The highest BCUT2D eigenvalue weighted by Crippen LogP contribution is 2.30. The molecule has 2 rings (SSSR count). The molecule has 1 aromatic carbocycles. The number of rotatable bonds is 3. The van der Waals surface area contributed by atoms with E-state index in [1.54, 1.807) is 0 Å². The molecule has 1 aliphatic heterocycles. The Morgan fingerprint density at radius 3 is 2.76 bits per heavy atom. The fourth-order valence-electron chi connectivity index (χ4n) is 2.68. The summed E-state index contributed by atoms with van der Waals surface area (Å²) in [5.74, 6) is 0.813. The first-order chi connectivity index (χ1) is 9.88. The lowest BCUT2D eigenvalue weighted by molar-refractivity contribution is -0.134. The Labute approximate surface area is 127 Å². The van der Waals surface area contributed by atoms with Crippen molar-refractivity contribution in [2.45, 2.75) is 45.1 Å². The molecular formula is C17H26N2O2. The average Bonchev–Trinajstić information content (AvgIpc) is 2.44. The van der Waals surface area contributed by atoms with Gasteiger partial charge in [-0.15, -0.1) is 0 Å². The number of benzene rings is 1. The van der Waals surface area contributed by atoms with E-state index in [0.29, 0.717) is 6.54 Å². The van der Waals surface area contributed by atoms with E-state index in [1.165, 1.54) is 0 Å². The summed E-state index contributed by atoms with van der Waals surface area (Å²) in [6.07, 6.45) is 1.98. The number of nitrogens with two attached hydrogens (primary N) is 1. The predicted molar refractivity (Wildman–Crippen MR) is 84.4 cm³/mol. The standard InChI is InChI=1S/C17H26N2O2/c1-17(2,3)14-8-4-5-9-15(14)21-12-16(20)19-10-6-7-13(18)11-19/h4-5,8-9,13H,6-7,10-12,18H2,1-3H3. The quantitative estimate of drug-likeness (QED) is 0.929. The lowest BCUT2D eigenvalue weighted by Crippen LogP contribution is -2.47. The number of carbonyl (C=O) groups is 1. The van der Waals surface area contributed by atoms with Gasteiger partial charge in [-0.2, -0.15) is 0 Å². The minimum Gasteiger partial charge on any atom is -0.483 e. The number of likely N-dealkylation sites (tertiary alicyclic amines) is 1. The second-order valence-electron chi connectivity index (χ2n) is 6.78. The molecular weight excluding hydrogens is 264 g/mol. The van der Waals surface area contributed by atoms with Gasteiger partial charge in [-0.1, -0.05) is 39.0 Å². The van der Waals surface area contributed by atoms with Gasteiger partial charge < -0.3 is 15.4 Å². The zero-order valence-electron chi connectivity index (χ0n) is 13.3. The van der Waals surface area contributed by atoms with Crippen LogP contribution in [-0.4, -0.2) is 36.5 Å². The van der Waals surface area contributed by atoms with Crippen LogP contribution in [0.5, 0.6) is 5.75 Å². The third kappa shape index (κ3) is 4.21. The van der Waals surface area contributed by atoms with E-state index < -0.39 is 0 Å². The highest BCUT2D eigenvalue weighted by Gasteiger charge is 2.23.